The number of ether oxygens (including phenoxy) is 1. The predicted octanol–water partition coefficient (Wildman–Crippen LogP) is 4.21. The normalized spacial score (nSPS) is 10.8. The van der Waals surface area contributed by atoms with Gasteiger partial charge in [0.2, 0.25) is 0 Å². The third kappa shape index (κ3) is 13.1. The van der Waals surface area contributed by atoms with Crippen molar-refractivity contribution in [3.05, 3.63) is 12.2 Å². The van der Waals surface area contributed by atoms with Gasteiger partial charge in [0.05, 0.1) is 6.61 Å². The highest BCUT2D eigenvalue weighted by Gasteiger charge is 2.08. The van der Waals surface area contributed by atoms with Crippen LogP contribution in [0.4, 0.5) is 0 Å². The fraction of sp³-hybridized carbons (Fsp3) is 0.750. The van der Waals surface area contributed by atoms with Crippen LogP contribution in [-0.2, 0) is 14.3 Å². The standard InChI is InChI=1S/C16H28O3/c1-3-5-6-7-8-9-10-11-12-13-15(17)14-16(18)19-4-2/h10-11H,3-9,12-14H2,1-2H3/b11-10-. The molecule has 0 aliphatic rings. The Hall–Kier alpha value is -1.12. The molecule has 0 saturated carbocycles. The van der Waals surface area contributed by atoms with Crippen LogP contribution in [0, 0.1) is 0 Å². The molecule has 0 rings (SSSR count). The number of unbranched alkanes of at least 4 members (excludes halogenated alkanes) is 5. The van der Waals surface area contributed by atoms with Gasteiger partial charge in [0.1, 0.15) is 12.2 Å². The molecule has 0 atom stereocenters. The monoisotopic (exact) mass is 268 g/mol. The van der Waals surface area contributed by atoms with E-state index in [9.17, 15) is 9.59 Å². The van der Waals surface area contributed by atoms with E-state index in [1.54, 1.807) is 6.92 Å². The topological polar surface area (TPSA) is 43.4 Å². The van der Waals surface area contributed by atoms with Crippen LogP contribution < -0.4 is 0 Å². The SMILES string of the molecule is CCCCCCC/C=C\CCC(=O)CC(=O)OCC. The van der Waals surface area contributed by atoms with E-state index in [1.165, 1.54) is 32.1 Å². The van der Waals surface area contributed by atoms with Crippen molar-refractivity contribution >= 4 is 11.8 Å². The number of Topliss-reactive ketones (excluding diaryl/α,β-unsaturated/α-hetero) is 1. The number of rotatable bonds is 12. The van der Waals surface area contributed by atoms with Crippen molar-refractivity contribution in [2.24, 2.45) is 0 Å². The van der Waals surface area contributed by atoms with Crippen molar-refractivity contribution in [1.82, 2.24) is 0 Å². The summed E-state index contributed by atoms with van der Waals surface area (Å²) in [6.45, 7) is 4.29. The van der Waals surface area contributed by atoms with Gasteiger partial charge in [-0.05, 0) is 26.2 Å². The second-order valence-electron chi connectivity index (χ2n) is 4.73. The minimum Gasteiger partial charge on any atom is -0.466 e. The molecule has 0 aromatic rings. The maximum atomic E-state index is 11.4. The van der Waals surface area contributed by atoms with E-state index in [0.29, 0.717) is 13.0 Å². The summed E-state index contributed by atoms with van der Waals surface area (Å²) < 4.78 is 4.73. The molecule has 3 heteroatoms. The third-order valence-electron chi connectivity index (χ3n) is 2.88. The van der Waals surface area contributed by atoms with Crippen molar-refractivity contribution in [2.45, 2.75) is 71.6 Å². The largest absolute Gasteiger partial charge is 0.466 e. The molecule has 0 aliphatic heterocycles. The highest BCUT2D eigenvalue weighted by molar-refractivity contribution is 5.95. The number of hydrogen-bond donors (Lipinski definition) is 0. The van der Waals surface area contributed by atoms with Crippen molar-refractivity contribution < 1.29 is 14.3 Å². The molecule has 0 saturated heterocycles. The van der Waals surface area contributed by atoms with E-state index in [-0.39, 0.29) is 12.2 Å². The van der Waals surface area contributed by atoms with Gasteiger partial charge in [-0.1, -0.05) is 44.8 Å². The zero-order valence-corrected chi connectivity index (χ0v) is 12.5. The fourth-order valence-electron chi connectivity index (χ4n) is 1.81. The van der Waals surface area contributed by atoms with E-state index >= 15 is 0 Å². The fourth-order valence-corrected chi connectivity index (χ4v) is 1.81. The molecule has 0 aliphatic carbocycles. The molecule has 0 radical (unpaired) electrons. The minimum absolute atomic E-state index is 0.0361. The molecule has 110 valence electrons. The molecule has 0 unspecified atom stereocenters. The third-order valence-corrected chi connectivity index (χ3v) is 2.88. The highest BCUT2D eigenvalue weighted by atomic mass is 16.5. The van der Waals surface area contributed by atoms with E-state index in [2.05, 4.69) is 13.0 Å². The van der Waals surface area contributed by atoms with Crippen LogP contribution in [0.15, 0.2) is 12.2 Å². The first-order valence-corrected chi connectivity index (χ1v) is 7.53. The zero-order chi connectivity index (χ0) is 14.3. The van der Waals surface area contributed by atoms with Crippen LogP contribution in [0.5, 0.6) is 0 Å². The number of allylic oxidation sites excluding steroid dienone is 2. The lowest BCUT2D eigenvalue weighted by Crippen LogP contribution is -2.10. The quantitative estimate of drug-likeness (QED) is 0.230. The smallest absolute Gasteiger partial charge is 0.313 e. The molecule has 3 nitrogen and oxygen atoms in total. The maximum Gasteiger partial charge on any atom is 0.313 e. The van der Waals surface area contributed by atoms with Crippen molar-refractivity contribution in [2.75, 3.05) is 6.61 Å². The van der Waals surface area contributed by atoms with Gasteiger partial charge in [-0.3, -0.25) is 9.59 Å². The lowest BCUT2D eigenvalue weighted by atomic mass is 10.1. The minimum atomic E-state index is -0.410. The second-order valence-corrected chi connectivity index (χ2v) is 4.73. The molecule has 0 amide bonds. The summed E-state index contributed by atoms with van der Waals surface area (Å²) in [7, 11) is 0. The Balaban J connectivity index is 3.41. The molecule has 0 heterocycles. The first-order valence-electron chi connectivity index (χ1n) is 7.53. The first kappa shape index (κ1) is 17.9. The molecular formula is C16H28O3. The van der Waals surface area contributed by atoms with Crippen molar-refractivity contribution in [1.29, 1.82) is 0 Å². The molecule has 0 bridgehead atoms. The average molecular weight is 268 g/mol. The van der Waals surface area contributed by atoms with Gasteiger partial charge < -0.3 is 4.74 Å². The summed E-state index contributed by atoms with van der Waals surface area (Å²) in [5, 5.41) is 0. The summed E-state index contributed by atoms with van der Waals surface area (Å²) >= 11 is 0. The Bertz CT molecular complexity index is 269. The van der Waals surface area contributed by atoms with Crippen LogP contribution in [0.1, 0.15) is 71.6 Å². The number of carbonyl (C=O) groups is 2. The molecule has 0 fully saturated rings. The molecular weight excluding hydrogens is 240 g/mol. The number of ketones is 1. The number of hydrogen-bond acceptors (Lipinski definition) is 3. The maximum absolute atomic E-state index is 11.4. The Morgan fingerprint density at radius 3 is 2.32 bits per heavy atom. The van der Waals surface area contributed by atoms with E-state index in [4.69, 9.17) is 4.74 Å². The van der Waals surface area contributed by atoms with Crippen molar-refractivity contribution in [3.63, 3.8) is 0 Å². The van der Waals surface area contributed by atoms with E-state index < -0.39 is 5.97 Å². The second kappa shape index (κ2) is 13.3. The molecule has 0 aromatic heterocycles. The van der Waals surface area contributed by atoms with E-state index in [1.807, 2.05) is 6.08 Å². The molecule has 0 N–H and O–H groups in total. The summed E-state index contributed by atoms with van der Waals surface area (Å²) in [5.41, 5.74) is 0. The molecule has 0 spiro atoms. The van der Waals surface area contributed by atoms with Gasteiger partial charge in [0.25, 0.3) is 0 Å². The Morgan fingerprint density at radius 2 is 1.63 bits per heavy atom. The van der Waals surface area contributed by atoms with Gasteiger partial charge in [0.15, 0.2) is 0 Å². The molecule has 19 heavy (non-hydrogen) atoms. The lowest BCUT2D eigenvalue weighted by molar-refractivity contribution is -0.145. The summed E-state index contributed by atoms with van der Waals surface area (Å²) in [5.74, 6) is -0.446. The van der Waals surface area contributed by atoms with Gasteiger partial charge in [0, 0.05) is 6.42 Å². The predicted molar refractivity (Wildman–Crippen MR) is 78.0 cm³/mol. The van der Waals surface area contributed by atoms with Crippen LogP contribution in [0.3, 0.4) is 0 Å². The first-order chi connectivity index (χ1) is 9.20. The summed E-state index contributed by atoms with van der Waals surface area (Å²) in [6, 6.07) is 0. The van der Waals surface area contributed by atoms with Crippen LogP contribution in [0.25, 0.3) is 0 Å². The van der Waals surface area contributed by atoms with Gasteiger partial charge in [-0.2, -0.15) is 0 Å². The van der Waals surface area contributed by atoms with Crippen LogP contribution in [-0.4, -0.2) is 18.4 Å². The number of carbonyl (C=O) groups excluding carboxylic acids is 2. The van der Waals surface area contributed by atoms with Crippen molar-refractivity contribution in [3.8, 4) is 0 Å². The summed E-state index contributed by atoms with van der Waals surface area (Å²) in [6.07, 6.45) is 12.8. The Morgan fingerprint density at radius 1 is 0.947 bits per heavy atom. The van der Waals surface area contributed by atoms with Crippen LogP contribution >= 0.6 is 0 Å². The van der Waals surface area contributed by atoms with Gasteiger partial charge in [-0.25, -0.2) is 0 Å². The number of esters is 1. The Kier molecular flexibility index (Phi) is 12.5. The Labute approximate surface area is 117 Å². The van der Waals surface area contributed by atoms with Gasteiger partial charge in [-0.15, -0.1) is 0 Å². The van der Waals surface area contributed by atoms with E-state index in [0.717, 1.165) is 12.8 Å². The summed E-state index contributed by atoms with van der Waals surface area (Å²) in [4.78, 5) is 22.5. The lowest BCUT2D eigenvalue weighted by Gasteiger charge is -2.00. The van der Waals surface area contributed by atoms with Gasteiger partial charge >= 0.3 is 5.97 Å². The van der Waals surface area contributed by atoms with Crippen LogP contribution in [0.2, 0.25) is 0 Å². The highest BCUT2D eigenvalue weighted by Crippen LogP contribution is 2.06. The average Bonchev–Trinajstić information content (AvgIpc) is 2.37. The zero-order valence-electron chi connectivity index (χ0n) is 12.5. The molecule has 0 aromatic carbocycles.